The van der Waals surface area contributed by atoms with E-state index in [2.05, 4.69) is 0 Å². The van der Waals surface area contributed by atoms with Gasteiger partial charge in [-0.1, -0.05) is 19.9 Å². The lowest BCUT2D eigenvalue weighted by molar-refractivity contribution is -0.398. The molecule has 0 aromatic heterocycles. The van der Waals surface area contributed by atoms with Crippen molar-refractivity contribution in [1.29, 1.82) is 0 Å². The third kappa shape index (κ3) is 2.59. The molecule has 0 radical (unpaired) electrons. The molecule has 0 fully saturated rings. The number of benzene rings is 1. The summed E-state index contributed by atoms with van der Waals surface area (Å²) in [5.41, 5.74) is -0.733. The lowest BCUT2D eigenvalue weighted by atomic mass is 10.3. The zero-order valence-electron chi connectivity index (χ0n) is 9.99. The van der Waals surface area contributed by atoms with Crippen molar-refractivity contribution < 1.29 is 18.4 Å². The van der Waals surface area contributed by atoms with Gasteiger partial charge in [-0.05, 0) is 11.8 Å². The monoisotopic (exact) mass is 273 g/mol. The molecule has 0 heterocycles. The second-order valence-corrected chi connectivity index (χ2v) is 5.41. The molecule has 0 aliphatic carbocycles. The van der Waals surface area contributed by atoms with Gasteiger partial charge in [-0.15, -0.1) is 0 Å². The van der Waals surface area contributed by atoms with Crippen molar-refractivity contribution in [2.45, 2.75) is 18.7 Å². The van der Waals surface area contributed by atoms with E-state index in [4.69, 9.17) is 0 Å². The summed E-state index contributed by atoms with van der Waals surface area (Å²) in [4.78, 5) is 9.48. The minimum atomic E-state index is -3.78. The molecule has 100 valence electrons. The van der Waals surface area contributed by atoms with Crippen LogP contribution in [0.5, 0.6) is 5.75 Å². The fraction of sp³-hybridized carbons (Fsp3) is 0.400. The van der Waals surface area contributed by atoms with Gasteiger partial charge in [0.15, 0.2) is 0 Å². The van der Waals surface area contributed by atoms with Crippen LogP contribution in [0.15, 0.2) is 23.1 Å². The number of nitrogens with zero attached hydrogens (tertiary/aromatic N) is 2. The Bertz CT molecular complexity index is 551. The fourth-order valence-corrected chi connectivity index (χ4v) is 2.99. The van der Waals surface area contributed by atoms with Crippen molar-refractivity contribution in [3.63, 3.8) is 0 Å². The second-order valence-electron chi connectivity index (χ2n) is 3.48. The first kappa shape index (κ1) is 14.4. The van der Waals surface area contributed by atoms with Crippen molar-refractivity contribution in [3.05, 3.63) is 28.3 Å². The highest BCUT2D eigenvalue weighted by atomic mass is 32.2. The maximum atomic E-state index is 12.1. The molecule has 0 bridgehead atoms. The minimum absolute atomic E-state index is 0.238. The van der Waals surface area contributed by atoms with Crippen LogP contribution in [0.1, 0.15) is 13.8 Å². The van der Waals surface area contributed by atoms with Gasteiger partial charge in [0.25, 0.3) is 5.69 Å². The molecular weight excluding hydrogens is 260 g/mol. The molecule has 18 heavy (non-hydrogen) atoms. The molecule has 0 amide bonds. The van der Waals surface area contributed by atoms with Gasteiger partial charge < -0.3 is 5.11 Å². The van der Waals surface area contributed by atoms with Gasteiger partial charge in [0.05, 0.1) is 9.82 Å². The van der Waals surface area contributed by atoms with Gasteiger partial charge in [-0.25, -0.2) is 8.42 Å². The zero-order chi connectivity index (χ0) is 13.9. The molecule has 0 spiro atoms. The predicted octanol–water partition coefficient (Wildman–Crippen LogP) is 0.699. The number of nitro groups is 1. The van der Waals surface area contributed by atoms with E-state index in [1.807, 2.05) is 0 Å². The van der Waals surface area contributed by atoms with E-state index in [1.165, 1.54) is 0 Å². The molecule has 0 saturated carbocycles. The number of rotatable bonds is 5. The molecule has 1 rings (SSSR count). The fourth-order valence-electron chi connectivity index (χ4n) is 1.51. The summed E-state index contributed by atoms with van der Waals surface area (Å²) in [7, 11) is -3.78. The predicted molar refractivity (Wildman–Crippen MR) is 62.6 cm³/mol. The lowest BCUT2D eigenvalue weighted by Crippen LogP contribution is -2.30. The molecule has 0 unspecified atom stereocenters. The molecule has 1 aromatic rings. The number of sulfonamides is 1. The third-order valence-electron chi connectivity index (χ3n) is 2.47. The second kappa shape index (κ2) is 5.32. The van der Waals surface area contributed by atoms with Crippen molar-refractivity contribution in [1.82, 2.24) is 4.31 Å². The van der Waals surface area contributed by atoms with Crippen LogP contribution < -0.4 is 5.11 Å². The molecule has 0 aliphatic rings. The average molecular weight is 273 g/mol. The smallest absolute Gasteiger partial charge is 0.263 e. The lowest BCUT2D eigenvalue weighted by Gasteiger charge is -2.18. The number of nitro benzene ring substituents is 1. The van der Waals surface area contributed by atoms with Gasteiger partial charge >= 0.3 is 0 Å². The van der Waals surface area contributed by atoms with E-state index in [9.17, 15) is 23.6 Å². The number of hydrogen-bond acceptors (Lipinski definition) is 5. The zero-order valence-corrected chi connectivity index (χ0v) is 10.8. The van der Waals surface area contributed by atoms with Crippen LogP contribution in [-0.4, -0.2) is 30.7 Å². The Morgan fingerprint density at radius 1 is 1.28 bits per heavy atom. The van der Waals surface area contributed by atoms with Crippen LogP contribution in [0, 0.1) is 10.1 Å². The Hall–Kier alpha value is -1.67. The summed E-state index contributed by atoms with van der Waals surface area (Å²) in [5, 5.41) is 21.8. The Balaban J connectivity index is 3.34. The summed E-state index contributed by atoms with van der Waals surface area (Å²) in [6.45, 7) is 3.84. The van der Waals surface area contributed by atoms with Gasteiger partial charge in [-0.2, -0.15) is 4.31 Å². The van der Waals surface area contributed by atoms with Gasteiger partial charge in [0.1, 0.15) is 0 Å². The molecule has 0 atom stereocenters. The van der Waals surface area contributed by atoms with E-state index in [0.29, 0.717) is 0 Å². The van der Waals surface area contributed by atoms with Crippen molar-refractivity contribution in [3.8, 4) is 5.75 Å². The summed E-state index contributed by atoms with van der Waals surface area (Å²) >= 11 is 0. The summed E-state index contributed by atoms with van der Waals surface area (Å²) < 4.78 is 25.3. The quantitative estimate of drug-likeness (QED) is 0.580. The van der Waals surface area contributed by atoms with E-state index >= 15 is 0 Å². The highest BCUT2D eigenvalue weighted by molar-refractivity contribution is 7.89. The Kier molecular flexibility index (Phi) is 4.25. The Labute approximate surface area is 105 Å². The van der Waals surface area contributed by atoms with Crippen molar-refractivity contribution >= 4 is 15.7 Å². The average Bonchev–Trinajstić information content (AvgIpc) is 2.30. The van der Waals surface area contributed by atoms with Crippen LogP contribution in [0.4, 0.5) is 5.69 Å². The molecule has 1 aromatic carbocycles. The van der Waals surface area contributed by atoms with Crippen molar-refractivity contribution in [2.75, 3.05) is 13.1 Å². The normalized spacial score (nSPS) is 11.7. The molecule has 7 nitrogen and oxygen atoms in total. The molecule has 8 heteroatoms. The Morgan fingerprint density at radius 2 is 1.83 bits per heavy atom. The van der Waals surface area contributed by atoms with Crippen LogP contribution in [-0.2, 0) is 10.0 Å². The van der Waals surface area contributed by atoms with Crippen LogP contribution in [0.2, 0.25) is 0 Å². The maximum absolute atomic E-state index is 12.1. The first-order chi connectivity index (χ1) is 8.34. The molecule has 0 saturated heterocycles. The Morgan fingerprint density at radius 3 is 2.28 bits per heavy atom. The molecular formula is C10H13N2O5S-. The first-order valence-corrected chi connectivity index (χ1v) is 6.74. The van der Waals surface area contributed by atoms with E-state index in [0.717, 1.165) is 22.5 Å². The van der Waals surface area contributed by atoms with Crippen LogP contribution >= 0.6 is 0 Å². The SMILES string of the molecule is CCN(CC)S(=O)(=O)c1ccc([O-])c([N+](=O)[O-])c1. The summed E-state index contributed by atoms with van der Waals surface area (Å²) in [6, 6.07) is 2.79. The summed E-state index contributed by atoms with van der Waals surface area (Å²) in [6.07, 6.45) is 0. The van der Waals surface area contributed by atoms with Crippen LogP contribution in [0.25, 0.3) is 0 Å². The van der Waals surface area contributed by atoms with Crippen LogP contribution in [0.3, 0.4) is 0 Å². The third-order valence-corrected chi connectivity index (χ3v) is 4.52. The standard InChI is InChI=1S/C10H14N2O5S/c1-3-11(4-2)18(16,17)8-5-6-10(13)9(7-8)12(14)15/h5-7,13H,3-4H2,1-2H3/p-1. The van der Waals surface area contributed by atoms with Crippen molar-refractivity contribution in [2.24, 2.45) is 0 Å². The summed E-state index contributed by atoms with van der Waals surface area (Å²) in [5.74, 6) is -0.807. The first-order valence-electron chi connectivity index (χ1n) is 5.30. The van der Waals surface area contributed by atoms with Gasteiger partial charge in [0, 0.05) is 19.2 Å². The highest BCUT2D eigenvalue weighted by Gasteiger charge is 2.23. The van der Waals surface area contributed by atoms with Gasteiger partial charge in [0.2, 0.25) is 10.0 Å². The molecule has 0 aliphatic heterocycles. The highest BCUT2D eigenvalue weighted by Crippen LogP contribution is 2.27. The largest absolute Gasteiger partial charge is 0.868 e. The van der Waals surface area contributed by atoms with Gasteiger partial charge in [-0.3, -0.25) is 10.1 Å². The van der Waals surface area contributed by atoms with E-state index in [1.54, 1.807) is 13.8 Å². The van der Waals surface area contributed by atoms with E-state index in [-0.39, 0.29) is 18.0 Å². The maximum Gasteiger partial charge on any atom is 0.263 e. The molecule has 0 N–H and O–H groups in total. The number of hydrogen-bond donors (Lipinski definition) is 0. The minimum Gasteiger partial charge on any atom is -0.868 e. The van der Waals surface area contributed by atoms with E-state index < -0.39 is 26.4 Å². The topological polar surface area (TPSA) is 104 Å².